The van der Waals surface area contributed by atoms with Crippen LogP contribution in [0.2, 0.25) is 5.02 Å². The molecule has 1 N–H and O–H groups in total. The van der Waals surface area contributed by atoms with Crippen LogP contribution in [0.25, 0.3) is 21.9 Å². The van der Waals surface area contributed by atoms with Gasteiger partial charge in [-0.25, -0.2) is 12.8 Å². The van der Waals surface area contributed by atoms with Crippen molar-refractivity contribution in [2.45, 2.75) is 9.79 Å². The van der Waals surface area contributed by atoms with Crippen LogP contribution < -0.4 is 0 Å². The predicted molar refractivity (Wildman–Crippen MR) is 108 cm³/mol. The van der Waals surface area contributed by atoms with Gasteiger partial charge in [-0.3, -0.25) is 0 Å². The molecular formula is C22H14ClFO3S. The maximum absolute atomic E-state index is 14.0. The summed E-state index contributed by atoms with van der Waals surface area (Å²) < 4.78 is 40.7. The number of fused-ring (bicyclic) bond motifs is 1. The third-order valence-electron chi connectivity index (χ3n) is 4.51. The van der Waals surface area contributed by atoms with Crippen LogP contribution in [0, 0.1) is 5.82 Å². The SMILES string of the molecule is O=S(=O)(c1ccc(O)cc1)c1ccc2ccc(F)cc2c1-c1ccc(Cl)cc1. The monoisotopic (exact) mass is 412 g/mol. The van der Waals surface area contributed by atoms with Gasteiger partial charge in [-0.05, 0) is 70.9 Å². The predicted octanol–water partition coefficient (Wildman–Crippen LogP) is 5.84. The normalized spacial score (nSPS) is 11.6. The first-order valence-electron chi connectivity index (χ1n) is 8.38. The Balaban J connectivity index is 2.07. The Bertz CT molecular complexity index is 1280. The smallest absolute Gasteiger partial charge is 0.207 e. The summed E-state index contributed by atoms with van der Waals surface area (Å²) in [6, 6.07) is 19.5. The van der Waals surface area contributed by atoms with Crippen LogP contribution in [0.3, 0.4) is 0 Å². The summed E-state index contributed by atoms with van der Waals surface area (Å²) in [4.78, 5) is 0.0925. The van der Waals surface area contributed by atoms with Gasteiger partial charge in [-0.1, -0.05) is 35.9 Å². The molecule has 0 saturated carbocycles. The average Bonchev–Trinajstić information content (AvgIpc) is 2.68. The lowest BCUT2D eigenvalue weighted by Crippen LogP contribution is -2.04. The fourth-order valence-electron chi connectivity index (χ4n) is 3.16. The molecule has 0 aliphatic rings. The minimum absolute atomic E-state index is 0.0301. The summed E-state index contributed by atoms with van der Waals surface area (Å²) in [5.41, 5.74) is 1.01. The van der Waals surface area contributed by atoms with E-state index in [1.165, 1.54) is 42.5 Å². The molecule has 4 aromatic rings. The van der Waals surface area contributed by atoms with Crippen LogP contribution >= 0.6 is 11.6 Å². The standard InChI is InChI=1S/C22H14ClFO3S/c23-16-5-1-15(2-6-16)22-20-13-17(24)7-3-14(20)4-12-21(22)28(26,27)19-10-8-18(25)9-11-19/h1-13,25H. The van der Waals surface area contributed by atoms with Crippen molar-refractivity contribution in [3.05, 3.63) is 89.7 Å². The Labute approximate surface area is 166 Å². The van der Waals surface area contributed by atoms with E-state index in [2.05, 4.69) is 0 Å². The molecule has 0 aliphatic carbocycles. The van der Waals surface area contributed by atoms with E-state index >= 15 is 0 Å². The molecule has 0 aromatic heterocycles. The van der Waals surface area contributed by atoms with Crippen LogP contribution in [0.5, 0.6) is 5.75 Å². The fourth-order valence-corrected chi connectivity index (χ4v) is 4.78. The molecule has 4 rings (SSSR count). The summed E-state index contributed by atoms with van der Waals surface area (Å²) in [5.74, 6) is -0.487. The molecule has 0 heterocycles. The van der Waals surface area contributed by atoms with E-state index in [0.29, 0.717) is 21.5 Å². The van der Waals surface area contributed by atoms with Gasteiger partial charge in [0.15, 0.2) is 0 Å². The third-order valence-corrected chi connectivity index (χ3v) is 6.58. The Morgan fingerprint density at radius 3 is 2.14 bits per heavy atom. The molecule has 0 fully saturated rings. The van der Waals surface area contributed by atoms with E-state index in [1.807, 2.05) is 0 Å². The van der Waals surface area contributed by atoms with Crippen molar-refractivity contribution < 1.29 is 17.9 Å². The number of phenolic OH excluding ortho intramolecular Hbond substituents is 1. The molecule has 0 bridgehead atoms. The molecule has 0 saturated heterocycles. The van der Waals surface area contributed by atoms with Crippen molar-refractivity contribution in [2.24, 2.45) is 0 Å². The van der Waals surface area contributed by atoms with E-state index < -0.39 is 15.7 Å². The summed E-state index contributed by atoms with van der Waals surface area (Å²) >= 11 is 5.98. The summed E-state index contributed by atoms with van der Waals surface area (Å²) in [5, 5.41) is 11.2. The lowest BCUT2D eigenvalue weighted by Gasteiger charge is -2.15. The first-order valence-corrected chi connectivity index (χ1v) is 10.2. The van der Waals surface area contributed by atoms with Gasteiger partial charge in [0, 0.05) is 10.6 Å². The van der Waals surface area contributed by atoms with Gasteiger partial charge in [0.05, 0.1) is 9.79 Å². The number of halogens is 2. The van der Waals surface area contributed by atoms with E-state index in [0.717, 1.165) is 5.39 Å². The highest BCUT2D eigenvalue weighted by Gasteiger charge is 2.24. The highest BCUT2D eigenvalue weighted by molar-refractivity contribution is 7.91. The number of rotatable bonds is 3. The second-order valence-corrected chi connectivity index (χ2v) is 8.66. The number of phenols is 1. The van der Waals surface area contributed by atoms with E-state index in [4.69, 9.17) is 11.6 Å². The molecule has 0 aliphatic heterocycles. The molecule has 140 valence electrons. The maximum Gasteiger partial charge on any atom is 0.207 e. The molecule has 28 heavy (non-hydrogen) atoms. The summed E-state index contributed by atoms with van der Waals surface area (Å²) in [7, 11) is -3.92. The average molecular weight is 413 g/mol. The summed E-state index contributed by atoms with van der Waals surface area (Å²) in [6.45, 7) is 0. The van der Waals surface area contributed by atoms with Crippen molar-refractivity contribution >= 4 is 32.2 Å². The molecule has 0 radical (unpaired) electrons. The van der Waals surface area contributed by atoms with Crippen molar-refractivity contribution in [1.29, 1.82) is 0 Å². The van der Waals surface area contributed by atoms with Crippen LogP contribution in [0.15, 0.2) is 88.7 Å². The van der Waals surface area contributed by atoms with Crippen molar-refractivity contribution in [2.75, 3.05) is 0 Å². The van der Waals surface area contributed by atoms with Crippen molar-refractivity contribution in [3.63, 3.8) is 0 Å². The Morgan fingerprint density at radius 1 is 0.821 bits per heavy atom. The molecule has 6 heteroatoms. The van der Waals surface area contributed by atoms with Crippen molar-refractivity contribution in [3.8, 4) is 16.9 Å². The molecular weight excluding hydrogens is 399 g/mol. The molecule has 3 nitrogen and oxygen atoms in total. The number of hydrogen-bond donors (Lipinski definition) is 1. The lowest BCUT2D eigenvalue weighted by molar-refractivity contribution is 0.475. The quantitative estimate of drug-likeness (QED) is 0.460. The first kappa shape index (κ1) is 18.5. The second kappa shape index (κ2) is 6.93. The zero-order valence-corrected chi connectivity index (χ0v) is 16.0. The number of aromatic hydroxyl groups is 1. The third kappa shape index (κ3) is 3.23. The Hall–Kier alpha value is -2.89. The largest absolute Gasteiger partial charge is 0.508 e. The molecule has 4 aromatic carbocycles. The van der Waals surface area contributed by atoms with Gasteiger partial charge in [0.1, 0.15) is 11.6 Å². The number of benzene rings is 4. The zero-order chi connectivity index (χ0) is 19.9. The fraction of sp³-hybridized carbons (Fsp3) is 0. The maximum atomic E-state index is 14.0. The molecule has 0 amide bonds. The van der Waals surface area contributed by atoms with Crippen LogP contribution in [0.4, 0.5) is 4.39 Å². The summed E-state index contributed by atoms with van der Waals surface area (Å²) in [6.07, 6.45) is 0. The topological polar surface area (TPSA) is 54.4 Å². The Morgan fingerprint density at radius 2 is 1.46 bits per heavy atom. The van der Waals surface area contributed by atoms with Crippen LogP contribution in [0.1, 0.15) is 0 Å². The molecule has 0 spiro atoms. The van der Waals surface area contributed by atoms with Gasteiger partial charge in [-0.15, -0.1) is 0 Å². The Kier molecular flexibility index (Phi) is 4.57. The van der Waals surface area contributed by atoms with Gasteiger partial charge >= 0.3 is 0 Å². The zero-order valence-electron chi connectivity index (χ0n) is 14.4. The second-order valence-electron chi connectivity index (χ2n) is 6.31. The first-order chi connectivity index (χ1) is 13.4. The van der Waals surface area contributed by atoms with E-state index in [9.17, 15) is 17.9 Å². The number of sulfone groups is 1. The van der Waals surface area contributed by atoms with Crippen LogP contribution in [-0.4, -0.2) is 13.5 Å². The molecule has 0 atom stereocenters. The minimum Gasteiger partial charge on any atom is -0.508 e. The van der Waals surface area contributed by atoms with E-state index in [-0.39, 0.29) is 15.5 Å². The van der Waals surface area contributed by atoms with Gasteiger partial charge in [0.25, 0.3) is 0 Å². The molecule has 0 unspecified atom stereocenters. The van der Waals surface area contributed by atoms with Gasteiger partial charge in [0.2, 0.25) is 9.84 Å². The van der Waals surface area contributed by atoms with Gasteiger partial charge < -0.3 is 5.11 Å². The van der Waals surface area contributed by atoms with E-state index in [1.54, 1.807) is 36.4 Å². The number of hydrogen-bond acceptors (Lipinski definition) is 3. The van der Waals surface area contributed by atoms with Gasteiger partial charge in [-0.2, -0.15) is 0 Å². The van der Waals surface area contributed by atoms with Crippen molar-refractivity contribution in [1.82, 2.24) is 0 Å². The van der Waals surface area contributed by atoms with Crippen LogP contribution in [-0.2, 0) is 9.84 Å². The highest BCUT2D eigenvalue weighted by Crippen LogP contribution is 2.38. The lowest BCUT2D eigenvalue weighted by atomic mass is 9.98. The highest BCUT2D eigenvalue weighted by atomic mass is 35.5. The minimum atomic E-state index is -3.92.